The van der Waals surface area contributed by atoms with Crippen molar-refractivity contribution in [2.75, 3.05) is 0 Å². The van der Waals surface area contributed by atoms with Crippen LogP contribution in [0.1, 0.15) is 29.8 Å². The molecular weight excluding hydrogens is 256 g/mol. The van der Waals surface area contributed by atoms with Gasteiger partial charge in [0.05, 0.1) is 5.69 Å². The molecule has 20 heavy (non-hydrogen) atoms. The predicted molar refractivity (Wildman–Crippen MR) is 75.9 cm³/mol. The number of aromatic nitrogens is 2. The first-order valence-corrected chi connectivity index (χ1v) is 6.27. The van der Waals surface area contributed by atoms with Crippen molar-refractivity contribution >= 4 is 5.84 Å². The Labute approximate surface area is 117 Å². The molecule has 1 unspecified atom stereocenters. The first kappa shape index (κ1) is 13.9. The Hall–Kier alpha value is -2.50. The molecule has 6 nitrogen and oxygen atoms in total. The molecule has 1 aromatic heterocycles. The fourth-order valence-electron chi connectivity index (χ4n) is 2.08. The Morgan fingerprint density at radius 2 is 2.05 bits per heavy atom. The van der Waals surface area contributed by atoms with Gasteiger partial charge in [0.25, 0.3) is 0 Å². The van der Waals surface area contributed by atoms with Crippen molar-refractivity contribution in [3.63, 3.8) is 0 Å². The van der Waals surface area contributed by atoms with Gasteiger partial charge in [-0.1, -0.05) is 35.5 Å². The van der Waals surface area contributed by atoms with Crippen LogP contribution in [0.15, 0.2) is 35.5 Å². The van der Waals surface area contributed by atoms with E-state index in [-0.39, 0.29) is 11.9 Å². The van der Waals surface area contributed by atoms with E-state index in [9.17, 15) is 0 Å². The summed E-state index contributed by atoms with van der Waals surface area (Å²) in [6.45, 7) is 3.72. The number of rotatable bonds is 4. The largest absolute Gasteiger partial charge is 0.469 e. The maximum atomic E-state index is 8.87. The molecule has 0 saturated heterocycles. The van der Waals surface area contributed by atoms with Gasteiger partial charge in [0.15, 0.2) is 5.84 Å². The van der Waals surface area contributed by atoms with Gasteiger partial charge in [0.2, 0.25) is 5.88 Å². The van der Waals surface area contributed by atoms with Crippen molar-refractivity contribution in [1.29, 1.82) is 0 Å². The molecule has 2 aromatic rings. The van der Waals surface area contributed by atoms with E-state index in [0.29, 0.717) is 17.1 Å². The maximum Gasteiger partial charge on any atom is 0.223 e. The lowest BCUT2D eigenvalue weighted by Crippen LogP contribution is -2.16. The van der Waals surface area contributed by atoms with Gasteiger partial charge in [-0.25, -0.2) is 4.68 Å². The summed E-state index contributed by atoms with van der Waals surface area (Å²) in [7, 11) is 1.76. The van der Waals surface area contributed by atoms with E-state index >= 15 is 0 Å². The normalized spacial score (nSPS) is 13.2. The average Bonchev–Trinajstić information content (AvgIpc) is 2.73. The van der Waals surface area contributed by atoms with Gasteiger partial charge in [-0.05, 0) is 19.4 Å². The maximum absolute atomic E-state index is 8.87. The molecule has 1 heterocycles. The predicted octanol–water partition coefficient (Wildman–Crippen LogP) is 1.96. The fraction of sp³-hybridized carbons (Fsp3) is 0.286. The second-order valence-electron chi connectivity index (χ2n) is 4.55. The Morgan fingerprint density at radius 1 is 1.40 bits per heavy atom. The first-order valence-electron chi connectivity index (χ1n) is 6.27. The Balaban J connectivity index is 2.34. The fourth-order valence-corrected chi connectivity index (χ4v) is 2.08. The van der Waals surface area contributed by atoms with Gasteiger partial charge in [-0.3, -0.25) is 0 Å². The van der Waals surface area contributed by atoms with Crippen LogP contribution >= 0.6 is 0 Å². The molecular formula is C14H18N4O2. The van der Waals surface area contributed by atoms with Crippen LogP contribution in [0.25, 0.3) is 0 Å². The molecule has 106 valence electrons. The van der Waals surface area contributed by atoms with E-state index in [1.807, 2.05) is 37.3 Å². The first-order chi connectivity index (χ1) is 9.54. The van der Waals surface area contributed by atoms with Crippen LogP contribution in [-0.4, -0.2) is 20.8 Å². The van der Waals surface area contributed by atoms with Crippen LogP contribution in [0.4, 0.5) is 0 Å². The second kappa shape index (κ2) is 5.64. The summed E-state index contributed by atoms with van der Waals surface area (Å²) in [5.41, 5.74) is 7.89. The molecule has 0 bridgehead atoms. The lowest BCUT2D eigenvalue weighted by atomic mass is 10.1. The molecule has 0 amide bonds. The van der Waals surface area contributed by atoms with Crippen LogP contribution < -0.4 is 10.5 Å². The highest BCUT2D eigenvalue weighted by Gasteiger charge is 2.21. The molecule has 0 fully saturated rings. The monoisotopic (exact) mass is 274 g/mol. The summed E-state index contributed by atoms with van der Waals surface area (Å²) in [6, 6.07) is 9.82. The zero-order chi connectivity index (χ0) is 14.7. The molecule has 6 heteroatoms. The number of amidine groups is 1. The molecule has 0 aliphatic carbocycles. The van der Waals surface area contributed by atoms with Gasteiger partial charge in [0.1, 0.15) is 11.7 Å². The number of aryl methyl sites for hydroxylation is 2. The zero-order valence-corrected chi connectivity index (χ0v) is 11.7. The zero-order valence-electron chi connectivity index (χ0n) is 11.7. The minimum atomic E-state index is -0.170. The minimum Gasteiger partial charge on any atom is -0.469 e. The van der Waals surface area contributed by atoms with Gasteiger partial charge < -0.3 is 15.7 Å². The molecule has 0 saturated carbocycles. The number of nitrogens with zero attached hydrogens (tertiary/aromatic N) is 3. The molecule has 1 aromatic carbocycles. The van der Waals surface area contributed by atoms with Crippen LogP contribution in [0.3, 0.4) is 0 Å². The van der Waals surface area contributed by atoms with Crippen molar-refractivity contribution in [2.45, 2.75) is 20.0 Å². The number of hydrogen-bond acceptors (Lipinski definition) is 4. The summed E-state index contributed by atoms with van der Waals surface area (Å²) in [5, 5.41) is 16.1. The summed E-state index contributed by atoms with van der Waals surface area (Å²) in [5.74, 6) is 0.472. The van der Waals surface area contributed by atoms with Crippen LogP contribution in [0.2, 0.25) is 0 Å². The molecule has 0 aliphatic heterocycles. The summed E-state index contributed by atoms with van der Waals surface area (Å²) < 4.78 is 7.52. The van der Waals surface area contributed by atoms with Crippen molar-refractivity contribution in [2.24, 2.45) is 17.9 Å². The van der Waals surface area contributed by atoms with Crippen LogP contribution in [0.5, 0.6) is 5.88 Å². The molecule has 0 radical (unpaired) electrons. The Kier molecular flexibility index (Phi) is 3.93. The number of oxime groups is 1. The highest BCUT2D eigenvalue weighted by Crippen LogP contribution is 2.26. The van der Waals surface area contributed by atoms with E-state index in [4.69, 9.17) is 15.7 Å². The number of hydrogen-bond donors (Lipinski definition) is 2. The number of benzene rings is 1. The average molecular weight is 274 g/mol. The Bertz CT molecular complexity index is 620. The summed E-state index contributed by atoms with van der Waals surface area (Å²) in [6.07, 6.45) is -0.170. The van der Waals surface area contributed by atoms with Crippen LogP contribution in [0, 0.1) is 6.92 Å². The van der Waals surface area contributed by atoms with Gasteiger partial charge in [-0.2, -0.15) is 5.10 Å². The molecule has 2 rings (SSSR count). The molecule has 3 N–H and O–H groups in total. The van der Waals surface area contributed by atoms with Crippen molar-refractivity contribution in [1.82, 2.24) is 9.78 Å². The van der Waals surface area contributed by atoms with Gasteiger partial charge in [-0.15, -0.1) is 0 Å². The highest BCUT2D eigenvalue weighted by atomic mass is 16.5. The van der Waals surface area contributed by atoms with Crippen molar-refractivity contribution in [3.8, 4) is 5.88 Å². The smallest absolute Gasteiger partial charge is 0.223 e. The Morgan fingerprint density at radius 3 is 2.65 bits per heavy atom. The summed E-state index contributed by atoms with van der Waals surface area (Å²) in [4.78, 5) is 0. The van der Waals surface area contributed by atoms with Crippen LogP contribution in [-0.2, 0) is 7.05 Å². The lowest BCUT2D eigenvalue weighted by Gasteiger charge is -2.16. The third-order valence-electron chi connectivity index (χ3n) is 3.09. The van der Waals surface area contributed by atoms with Crippen molar-refractivity contribution < 1.29 is 9.94 Å². The summed E-state index contributed by atoms with van der Waals surface area (Å²) >= 11 is 0. The van der Waals surface area contributed by atoms with E-state index in [0.717, 1.165) is 5.56 Å². The standard InChI is InChI=1S/C14H18N4O2/c1-9-12(13(15)17-19)14(18(3)16-9)20-10(2)11-7-5-4-6-8-11/h4-8,10,19H,1-3H3,(H2,15,17). The third kappa shape index (κ3) is 2.59. The highest BCUT2D eigenvalue weighted by molar-refractivity contribution is 6.00. The topological polar surface area (TPSA) is 85.7 Å². The SMILES string of the molecule is Cc1nn(C)c(OC(C)c2ccccc2)c1C(N)=NO. The third-order valence-corrected chi connectivity index (χ3v) is 3.09. The molecule has 1 atom stereocenters. The van der Waals surface area contributed by atoms with Gasteiger partial charge in [0, 0.05) is 7.05 Å². The van der Waals surface area contributed by atoms with E-state index in [2.05, 4.69) is 10.3 Å². The quantitative estimate of drug-likeness (QED) is 0.386. The van der Waals surface area contributed by atoms with E-state index < -0.39 is 0 Å². The van der Waals surface area contributed by atoms with Crippen molar-refractivity contribution in [3.05, 3.63) is 47.2 Å². The second-order valence-corrected chi connectivity index (χ2v) is 4.55. The lowest BCUT2D eigenvalue weighted by molar-refractivity contribution is 0.206. The molecule has 0 spiro atoms. The minimum absolute atomic E-state index is 0.00846. The molecule has 0 aliphatic rings. The van der Waals surface area contributed by atoms with E-state index in [1.165, 1.54) is 0 Å². The number of ether oxygens (including phenoxy) is 1. The van der Waals surface area contributed by atoms with Gasteiger partial charge >= 0.3 is 0 Å². The van der Waals surface area contributed by atoms with E-state index in [1.54, 1.807) is 18.7 Å². The number of nitrogens with two attached hydrogens (primary N) is 1.